The van der Waals surface area contributed by atoms with Crippen LogP contribution >= 0.6 is 11.3 Å². The van der Waals surface area contributed by atoms with Crippen LogP contribution in [0.25, 0.3) is 31.7 Å². The summed E-state index contributed by atoms with van der Waals surface area (Å²) in [5.74, 6) is 1.30. The lowest BCUT2D eigenvalue weighted by Gasteiger charge is -2.02. The Bertz CT molecular complexity index is 1000. The summed E-state index contributed by atoms with van der Waals surface area (Å²) in [6.45, 7) is 2.05. The van der Waals surface area contributed by atoms with Crippen molar-refractivity contribution >= 4 is 38.3 Å². The van der Waals surface area contributed by atoms with Gasteiger partial charge in [-0.3, -0.25) is 5.10 Å². The second kappa shape index (κ2) is 4.67. The molecule has 0 bridgehead atoms. The van der Waals surface area contributed by atoms with Crippen molar-refractivity contribution in [2.45, 2.75) is 6.92 Å². The highest BCUT2D eigenvalue weighted by molar-refractivity contribution is 7.22. The molecule has 3 aromatic heterocycles. The van der Waals surface area contributed by atoms with E-state index in [2.05, 4.69) is 39.2 Å². The number of hydrogen-bond donors (Lipinski definition) is 2. The first-order valence-electron chi connectivity index (χ1n) is 6.70. The van der Waals surface area contributed by atoms with Gasteiger partial charge in [0.2, 0.25) is 0 Å². The summed E-state index contributed by atoms with van der Waals surface area (Å²) in [6.07, 6.45) is 1.42. The average molecular weight is 311 g/mol. The van der Waals surface area contributed by atoms with E-state index in [0.717, 1.165) is 37.4 Å². The number of hydrogen-bond acceptors (Lipinski definition) is 6. The Kier molecular flexibility index (Phi) is 2.77. The number of methoxy groups -OCH3 is 1. The van der Waals surface area contributed by atoms with Crippen molar-refractivity contribution in [2.75, 3.05) is 12.8 Å². The fourth-order valence-corrected chi connectivity index (χ4v) is 3.73. The number of nitrogens with two attached hydrogens (primary N) is 1. The van der Waals surface area contributed by atoms with Gasteiger partial charge in [-0.25, -0.2) is 9.97 Å². The van der Waals surface area contributed by atoms with Crippen LogP contribution < -0.4 is 10.5 Å². The van der Waals surface area contributed by atoms with Crippen LogP contribution in [-0.4, -0.2) is 27.3 Å². The maximum Gasteiger partial charge on any atom is 0.186 e. The van der Waals surface area contributed by atoms with Gasteiger partial charge in [-0.15, -0.1) is 11.3 Å². The maximum absolute atomic E-state index is 5.98. The second-order valence-corrected chi connectivity index (χ2v) is 6.10. The lowest BCUT2D eigenvalue weighted by Crippen LogP contribution is -1.92. The molecule has 0 aliphatic rings. The third-order valence-electron chi connectivity index (χ3n) is 3.57. The van der Waals surface area contributed by atoms with Crippen molar-refractivity contribution < 1.29 is 4.74 Å². The van der Waals surface area contributed by atoms with Crippen LogP contribution in [0.4, 0.5) is 5.82 Å². The SMILES string of the molecule is COc1cc(C)cc2cc(-c3[nH]nc4ncnc(N)c34)sc12. The summed E-state index contributed by atoms with van der Waals surface area (Å²) in [5.41, 5.74) is 8.55. The zero-order chi connectivity index (χ0) is 15.3. The highest BCUT2D eigenvalue weighted by Gasteiger charge is 2.16. The molecule has 0 spiro atoms. The molecule has 4 rings (SSSR count). The molecule has 0 aliphatic carbocycles. The Morgan fingerprint density at radius 3 is 2.91 bits per heavy atom. The Morgan fingerprint density at radius 2 is 2.09 bits per heavy atom. The van der Waals surface area contributed by atoms with E-state index < -0.39 is 0 Å². The Morgan fingerprint density at radius 1 is 1.23 bits per heavy atom. The van der Waals surface area contributed by atoms with Gasteiger partial charge in [0, 0.05) is 0 Å². The number of aromatic amines is 1. The summed E-state index contributed by atoms with van der Waals surface area (Å²) in [4.78, 5) is 9.22. The number of H-pyrrole nitrogens is 1. The Labute approximate surface area is 130 Å². The summed E-state index contributed by atoms with van der Waals surface area (Å²) in [7, 11) is 1.69. The maximum atomic E-state index is 5.98. The quantitative estimate of drug-likeness (QED) is 0.593. The third kappa shape index (κ3) is 1.82. The van der Waals surface area contributed by atoms with E-state index in [1.807, 2.05) is 6.07 Å². The second-order valence-electron chi connectivity index (χ2n) is 5.05. The zero-order valence-corrected chi connectivity index (χ0v) is 12.9. The van der Waals surface area contributed by atoms with Crippen molar-refractivity contribution in [1.82, 2.24) is 20.2 Å². The Balaban J connectivity index is 2.01. The van der Waals surface area contributed by atoms with Crippen LogP contribution in [0.15, 0.2) is 24.5 Å². The number of fused-ring (bicyclic) bond motifs is 2. The van der Waals surface area contributed by atoms with Crippen molar-refractivity contribution in [2.24, 2.45) is 0 Å². The molecule has 0 radical (unpaired) electrons. The first-order chi connectivity index (χ1) is 10.7. The summed E-state index contributed by atoms with van der Waals surface area (Å²) in [6, 6.07) is 6.27. The first kappa shape index (κ1) is 13.0. The van der Waals surface area contributed by atoms with Crippen LogP contribution in [0.1, 0.15) is 5.56 Å². The van der Waals surface area contributed by atoms with Gasteiger partial charge in [-0.2, -0.15) is 5.10 Å². The lowest BCUT2D eigenvalue weighted by molar-refractivity contribution is 0.420. The van der Waals surface area contributed by atoms with Gasteiger partial charge in [-0.05, 0) is 30.0 Å². The number of aryl methyl sites for hydroxylation is 1. The first-order valence-corrected chi connectivity index (χ1v) is 7.52. The van der Waals surface area contributed by atoms with Gasteiger partial charge in [0.15, 0.2) is 5.65 Å². The van der Waals surface area contributed by atoms with Crippen molar-refractivity contribution in [3.8, 4) is 16.3 Å². The van der Waals surface area contributed by atoms with Gasteiger partial charge >= 0.3 is 0 Å². The third-order valence-corrected chi connectivity index (χ3v) is 4.76. The molecule has 0 fully saturated rings. The number of rotatable bonds is 2. The van der Waals surface area contributed by atoms with Crippen molar-refractivity contribution in [3.63, 3.8) is 0 Å². The van der Waals surface area contributed by atoms with Gasteiger partial charge in [0.25, 0.3) is 0 Å². The van der Waals surface area contributed by atoms with Crippen LogP contribution in [0.2, 0.25) is 0 Å². The number of aromatic nitrogens is 4. The minimum atomic E-state index is 0.425. The summed E-state index contributed by atoms with van der Waals surface area (Å²) >= 11 is 1.63. The predicted molar refractivity (Wildman–Crippen MR) is 88.2 cm³/mol. The van der Waals surface area contributed by atoms with Crippen LogP contribution in [-0.2, 0) is 0 Å². The van der Waals surface area contributed by atoms with E-state index in [9.17, 15) is 0 Å². The fourth-order valence-electron chi connectivity index (χ4n) is 2.60. The summed E-state index contributed by atoms with van der Waals surface area (Å²) < 4.78 is 6.58. The molecule has 7 heteroatoms. The number of anilines is 1. The van der Waals surface area contributed by atoms with E-state index in [4.69, 9.17) is 10.5 Å². The molecule has 6 nitrogen and oxygen atoms in total. The van der Waals surface area contributed by atoms with E-state index in [-0.39, 0.29) is 0 Å². The molecule has 0 atom stereocenters. The number of nitrogens with one attached hydrogen (secondary N) is 1. The molecule has 1 aromatic carbocycles. The highest BCUT2D eigenvalue weighted by atomic mass is 32.1. The number of nitrogens with zero attached hydrogens (tertiary/aromatic N) is 3. The van der Waals surface area contributed by atoms with Crippen LogP contribution in [0.5, 0.6) is 5.75 Å². The molecular formula is C15H13N5OS. The highest BCUT2D eigenvalue weighted by Crippen LogP contribution is 2.41. The molecule has 110 valence electrons. The molecule has 0 unspecified atom stereocenters. The molecule has 3 heterocycles. The van der Waals surface area contributed by atoms with Crippen molar-refractivity contribution in [1.29, 1.82) is 0 Å². The molecule has 0 amide bonds. The number of thiophene rings is 1. The lowest BCUT2D eigenvalue weighted by atomic mass is 10.1. The van der Waals surface area contributed by atoms with Gasteiger partial charge in [0.1, 0.15) is 17.9 Å². The molecule has 22 heavy (non-hydrogen) atoms. The average Bonchev–Trinajstić information content (AvgIpc) is 3.10. The minimum Gasteiger partial charge on any atom is -0.495 e. The van der Waals surface area contributed by atoms with E-state index in [1.165, 1.54) is 6.33 Å². The van der Waals surface area contributed by atoms with Gasteiger partial charge < -0.3 is 10.5 Å². The molecular weight excluding hydrogens is 298 g/mol. The largest absolute Gasteiger partial charge is 0.495 e. The van der Waals surface area contributed by atoms with Crippen LogP contribution in [0.3, 0.4) is 0 Å². The molecule has 4 aromatic rings. The predicted octanol–water partition coefficient (Wildman–Crippen LogP) is 3.13. The number of ether oxygens (including phenoxy) is 1. The fraction of sp³-hybridized carbons (Fsp3) is 0.133. The van der Waals surface area contributed by atoms with E-state index in [0.29, 0.717) is 11.5 Å². The van der Waals surface area contributed by atoms with E-state index in [1.54, 1.807) is 18.4 Å². The number of benzene rings is 1. The molecule has 0 saturated heterocycles. The molecule has 3 N–H and O–H groups in total. The normalized spacial score (nSPS) is 11.4. The minimum absolute atomic E-state index is 0.425. The van der Waals surface area contributed by atoms with Crippen molar-refractivity contribution in [3.05, 3.63) is 30.1 Å². The molecule has 0 aliphatic heterocycles. The van der Waals surface area contributed by atoms with Gasteiger partial charge in [-0.1, -0.05) is 6.07 Å². The van der Waals surface area contributed by atoms with Crippen LogP contribution in [0, 0.1) is 6.92 Å². The smallest absolute Gasteiger partial charge is 0.186 e. The topological polar surface area (TPSA) is 89.7 Å². The van der Waals surface area contributed by atoms with Gasteiger partial charge in [0.05, 0.1) is 27.8 Å². The number of nitrogen functional groups attached to an aromatic ring is 1. The summed E-state index contributed by atoms with van der Waals surface area (Å²) in [5, 5.41) is 9.12. The molecule has 0 saturated carbocycles. The van der Waals surface area contributed by atoms with E-state index >= 15 is 0 Å². The monoisotopic (exact) mass is 311 g/mol. The standard InChI is InChI=1S/C15H13N5OS/c1-7-3-8-5-10(22-13(8)9(4-7)21-2)12-11-14(16)17-6-18-15(11)20-19-12/h3-6H,1-2H3,(H3,16,17,18,19,20). The Hall–Kier alpha value is -2.67. The zero-order valence-electron chi connectivity index (χ0n) is 12.0.